The fourth-order valence-electron chi connectivity index (χ4n) is 2.58. The highest BCUT2D eigenvalue weighted by molar-refractivity contribution is 5.49. The Morgan fingerprint density at radius 1 is 1.35 bits per heavy atom. The Balaban J connectivity index is 2.20. The van der Waals surface area contributed by atoms with Crippen LogP contribution in [0.25, 0.3) is 0 Å². The zero-order valence-corrected chi connectivity index (χ0v) is 13.0. The fourth-order valence-corrected chi connectivity index (χ4v) is 2.58. The predicted octanol–water partition coefficient (Wildman–Crippen LogP) is 2.54. The monoisotopic (exact) mass is 278 g/mol. The van der Waals surface area contributed by atoms with E-state index in [2.05, 4.69) is 41.0 Å². The maximum absolute atomic E-state index is 5.17. The summed E-state index contributed by atoms with van der Waals surface area (Å²) in [5.41, 5.74) is 0. The SMILES string of the molecule is CCNc1cc(N2CCC(C)C(C)C2)nc(COC)n1. The summed E-state index contributed by atoms with van der Waals surface area (Å²) in [7, 11) is 1.67. The van der Waals surface area contributed by atoms with E-state index in [0.29, 0.717) is 12.5 Å². The molecule has 0 radical (unpaired) electrons. The van der Waals surface area contributed by atoms with Crippen molar-refractivity contribution < 1.29 is 4.74 Å². The van der Waals surface area contributed by atoms with Gasteiger partial charge in [-0.3, -0.25) is 0 Å². The lowest BCUT2D eigenvalue weighted by Crippen LogP contribution is -2.39. The Kier molecular flexibility index (Phi) is 5.17. The molecule has 1 aliphatic heterocycles. The largest absolute Gasteiger partial charge is 0.377 e. The number of nitrogens with one attached hydrogen (secondary N) is 1. The van der Waals surface area contributed by atoms with Gasteiger partial charge in [0.15, 0.2) is 5.82 Å². The lowest BCUT2D eigenvalue weighted by molar-refractivity contribution is 0.178. The van der Waals surface area contributed by atoms with Crippen LogP contribution in [0.5, 0.6) is 0 Å². The van der Waals surface area contributed by atoms with Crippen molar-refractivity contribution in [3.63, 3.8) is 0 Å². The van der Waals surface area contributed by atoms with Gasteiger partial charge in [0, 0.05) is 32.8 Å². The fraction of sp³-hybridized carbons (Fsp3) is 0.733. The molecule has 5 heteroatoms. The molecule has 5 nitrogen and oxygen atoms in total. The summed E-state index contributed by atoms with van der Waals surface area (Å²) in [6.45, 7) is 10.2. The average Bonchev–Trinajstić information content (AvgIpc) is 2.42. The van der Waals surface area contributed by atoms with E-state index < -0.39 is 0 Å². The second-order valence-electron chi connectivity index (χ2n) is 5.68. The number of rotatable bonds is 5. The number of nitrogens with zero attached hydrogens (tertiary/aromatic N) is 3. The summed E-state index contributed by atoms with van der Waals surface area (Å²) < 4.78 is 5.17. The van der Waals surface area contributed by atoms with Gasteiger partial charge < -0.3 is 15.0 Å². The summed E-state index contributed by atoms with van der Waals surface area (Å²) in [5.74, 6) is 4.14. The van der Waals surface area contributed by atoms with Crippen molar-refractivity contribution in [2.75, 3.05) is 37.0 Å². The lowest BCUT2D eigenvalue weighted by Gasteiger charge is -2.36. The molecule has 0 amide bonds. The van der Waals surface area contributed by atoms with Gasteiger partial charge in [-0.25, -0.2) is 9.97 Å². The first kappa shape index (κ1) is 15.0. The highest BCUT2D eigenvalue weighted by Crippen LogP contribution is 2.27. The zero-order valence-electron chi connectivity index (χ0n) is 13.0. The molecule has 0 aromatic carbocycles. The summed E-state index contributed by atoms with van der Waals surface area (Å²) in [4.78, 5) is 11.5. The number of methoxy groups -OCH3 is 1. The van der Waals surface area contributed by atoms with Crippen molar-refractivity contribution in [2.24, 2.45) is 11.8 Å². The molecule has 2 unspecified atom stereocenters. The summed E-state index contributed by atoms with van der Waals surface area (Å²) in [6, 6.07) is 2.05. The van der Waals surface area contributed by atoms with Gasteiger partial charge in [0.2, 0.25) is 0 Å². The molecule has 1 aromatic rings. The van der Waals surface area contributed by atoms with Gasteiger partial charge in [-0.15, -0.1) is 0 Å². The minimum absolute atomic E-state index is 0.450. The minimum atomic E-state index is 0.450. The van der Waals surface area contributed by atoms with Crippen molar-refractivity contribution in [3.8, 4) is 0 Å². The van der Waals surface area contributed by atoms with E-state index in [1.165, 1.54) is 6.42 Å². The number of ether oxygens (including phenoxy) is 1. The van der Waals surface area contributed by atoms with Crippen LogP contribution in [0, 0.1) is 11.8 Å². The Bertz CT molecular complexity index is 414. The van der Waals surface area contributed by atoms with Crippen LogP contribution in [0.15, 0.2) is 6.07 Å². The quantitative estimate of drug-likeness (QED) is 0.897. The van der Waals surface area contributed by atoms with Gasteiger partial charge in [-0.05, 0) is 25.2 Å². The molecule has 0 aliphatic carbocycles. The van der Waals surface area contributed by atoms with Crippen molar-refractivity contribution >= 4 is 11.6 Å². The van der Waals surface area contributed by atoms with Gasteiger partial charge >= 0.3 is 0 Å². The van der Waals surface area contributed by atoms with Crippen molar-refractivity contribution in [1.29, 1.82) is 0 Å². The third-order valence-corrected chi connectivity index (χ3v) is 4.05. The molecule has 1 N–H and O–H groups in total. The van der Waals surface area contributed by atoms with E-state index in [1.54, 1.807) is 7.11 Å². The molecule has 112 valence electrons. The van der Waals surface area contributed by atoms with Crippen molar-refractivity contribution in [1.82, 2.24) is 9.97 Å². The van der Waals surface area contributed by atoms with Gasteiger partial charge in [-0.1, -0.05) is 13.8 Å². The molecule has 1 aromatic heterocycles. The molecule has 0 bridgehead atoms. The van der Waals surface area contributed by atoms with Crippen LogP contribution >= 0.6 is 0 Å². The number of piperidine rings is 1. The predicted molar refractivity (Wildman–Crippen MR) is 82.1 cm³/mol. The molecular formula is C15H26N4O. The molecule has 0 spiro atoms. The molecule has 2 heterocycles. The van der Waals surface area contributed by atoms with Crippen molar-refractivity contribution in [2.45, 2.75) is 33.8 Å². The van der Waals surface area contributed by atoms with E-state index in [4.69, 9.17) is 4.74 Å². The lowest BCUT2D eigenvalue weighted by atomic mass is 9.89. The smallest absolute Gasteiger partial charge is 0.158 e. The van der Waals surface area contributed by atoms with E-state index in [1.807, 2.05) is 6.07 Å². The van der Waals surface area contributed by atoms with Gasteiger partial charge in [0.05, 0.1) is 0 Å². The first-order valence-electron chi connectivity index (χ1n) is 7.49. The van der Waals surface area contributed by atoms with Crippen LogP contribution in [0.4, 0.5) is 11.6 Å². The second-order valence-corrected chi connectivity index (χ2v) is 5.68. The van der Waals surface area contributed by atoms with E-state index >= 15 is 0 Å². The van der Waals surface area contributed by atoms with Crippen LogP contribution < -0.4 is 10.2 Å². The molecular weight excluding hydrogens is 252 g/mol. The topological polar surface area (TPSA) is 50.3 Å². The number of aromatic nitrogens is 2. The number of hydrogen-bond donors (Lipinski definition) is 1. The Hall–Kier alpha value is -1.36. The maximum Gasteiger partial charge on any atom is 0.158 e. The summed E-state index contributed by atoms with van der Waals surface area (Å²) in [6.07, 6.45) is 1.22. The molecule has 1 fully saturated rings. The molecule has 1 saturated heterocycles. The molecule has 2 rings (SSSR count). The highest BCUT2D eigenvalue weighted by Gasteiger charge is 2.24. The maximum atomic E-state index is 5.17. The van der Waals surface area contributed by atoms with Gasteiger partial charge in [-0.2, -0.15) is 0 Å². The third kappa shape index (κ3) is 3.60. The zero-order chi connectivity index (χ0) is 14.5. The first-order chi connectivity index (χ1) is 9.63. The van der Waals surface area contributed by atoms with Crippen LogP contribution in [0.2, 0.25) is 0 Å². The molecule has 20 heavy (non-hydrogen) atoms. The first-order valence-corrected chi connectivity index (χ1v) is 7.49. The van der Waals surface area contributed by atoms with Crippen molar-refractivity contribution in [3.05, 3.63) is 11.9 Å². The van der Waals surface area contributed by atoms with Crippen LogP contribution in [-0.2, 0) is 11.3 Å². The highest BCUT2D eigenvalue weighted by atomic mass is 16.5. The Morgan fingerprint density at radius 3 is 2.80 bits per heavy atom. The normalized spacial score (nSPS) is 22.9. The third-order valence-electron chi connectivity index (χ3n) is 4.05. The van der Waals surface area contributed by atoms with E-state index in [-0.39, 0.29) is 0 Å². The Labute approximate surface area is 121 Å². The van der Waals surface area contributed by atoms with E-state index in [9.17, 15) is 0 Å². The second kappa shape index (κ2) is 6.88. The molecule has 1 aliphatic rings. The van der Waals surface area contributed by atoms with E-state index in [0.717, 1.165) is 43.0 Å². The average molecular weight is 278 g/mol. The number of hydrogen-bond acceptors (Lipinski definition) is 5. The standard InChI is InChI=1S/C15H26N4O/c1-5-16-13-8-15(18-14(17-13)10-20-4)19-7-6-11(2)12(3)9-19/h8,11-12H,5-7,9-10H2,1-4H3,(H,16,17,18). The van der Waals surface area contributed by atoms with Crippen LogP contribution in [-0.4, -0.2) is 36.7 Å². The van der Waals surface area contributed by atoms with Gasteiger partial charge in [0.1, 0.15) is 18.2 Å². The van der Waals surface area contributed by atoms with Crippen LogP contribution in [0.3, 0.4) is 0 Å². The van der Waals surface area contributed by atoms with Gasteiger partial charge in [0.25, 0.3) is 0 Å². The molecule has 0 saturated carbocycles. The number of anilines is 2. The minimum Gasteiger partial charge on any atom is -0.377 e. The summed E-state index contributed by atoms with van der Waals surface area (Å²) in [5, 5.41) is 3.27. The summed E-state index contributed by atoms with van der Waals surface area (Å²) >= 11 is 0. The van der Waals surface area contributed by atoms with Crippen LogP contribution in [0.1, 0.15) is 33.0 Å². The molecule has 2 atom stereocenters. The Morgan fingerprint density at radius 2 is 2.15 bits per heavy atom.